The van der Waals surface area contributed by atoms with Crippen molar-refractivity contribution in [1.29, 1.82) is 0 Å². The number of aromatic nitrogens is 1. The lowest BCUT2D eigenvalue weighted by molar-refractivity contribution is 0.174. The summed E-state index contributed by atoms with van der Waals surface area (Å²) >= 11 is 0. The Labute approximate surface area is 138 Å². The first kappa shape index (κ1) is 17.6. The van der Waals surface area contributed by atoms with E-state index in [1.165, 1.54) is 12.3 Å². The van der Waals surface area contributed by atoms with Crippen molar-refractivity contribution in [2.45, 2.75) is 6.10 Å². The molecule has 128 valence electrons. The number of nitrogens with zero attached hydrogens (tertiary/aromatic N) is 2. The van der Waals surface area contributed by atoms with Gasteiger partial charge in [-0.3, -0.25) is 0 Å². The maximum atomic E-state index is 13.1. The van der Waals surface area contributed by atoms with Crippen LogP contribution in [0.2, 0.25) is 0 Å². The first-order valence-electron chi connectivity index (χ1n) is 7.18. The number of carbonyl (C=O) groups excluding carboxylic acids is 1. The summed E-state index contributed by atoms with van der Waals surface area (Å²) in [7, 11) is 3.70. The Balaban J connectivity index is 1.87. The summed E-state index contributed by atoms with van der Waals surface area (Å²) in [4.78, 5) is 17.8. The average Bonchev–Trinajstić information content (AvgIpc) is 2.55. The van der Waals surface area contributed by atoms with Gasteiger partial charge in [-0.1, -0.05) is 6.07 Å². The van der Waals surface area contributed by atoms with Crippen LogP contribution < -0.4 is 15.5 Å². The summed E-state index contributed by atoms with van der Waals surface area (Å²) in [5.41, 5.74) is 0.659. The molecular weight excluding hydrogens is 318 g/mol. The molecule has 0 bridgehead atoms. The molecular formula is C16H18F2N4O2. The topological polar surface area (TPSA) is 77.5 Å². The third-order valence-corrected chi connectivity index (χ3v) is 3.25. The van der Waals surface area contributed by atoms with Gasteiger partial charge in [-0.15, -0.1) is 0 Å². The number of nitrogens with one attached hydrogen (secondary N) is 2. The zero-order valence-corrected chi connectivity index (χ0v) is 13.3. The fourth-order valence-electron chi connectivity index (χ4n) is 1.93. The standard InChI is InChI=1S/C16H18F2N4O2/c1-22(2)15-6-4-11(8-19-15)21-16(24)20-9-14(23)10-3-5-12(17)13(18)7-10/h3-8,14,23H,9H2,1-2H3,(H2,20,21,24)/t14-/m0/s1. The summed E-state index contributed by atoms with van der Waals surface area (Å²) in [5, 5.41) is 14.9. The predicted octanol–water partition coefficient (Wildman–Crippen LogP) is 2.28. The van der Waals surface area contributed by atoms with Crippen LogP contribution >= 0.6 is 0 Å². The minimum absolute atomic E-state index is 0.153. The minimum atomic E-state index is -1.15. The Kier molecular flexibility index (Phi) is 5.64. The van der Waals surface area contributed by atoms with E-state index in [-0.39, 0.29) is 12.1 Å². The Hall–Kier alpha value is -2.74. The fourth-order valence-corrected chi connectivity index (χ4v) is 1.93. The van der Waals surface area contributed by atoms with Crippen LogP contribution in [0.5, 0.6) is 0 Å². The molecule has 0 spiro atoms. The third-order valence-electron chi connectivity index (χ3n) is 3.25. The summed E-state index contributed by atoms with van der Waals surface area (Å²) in [5.74, 6) is -1.30. The normalized spacial score (nSPS) is 11.7. The van der Waals surface area contributed by atoms with Crippen LogP contribution in [0.25, 0.3) is 0 Å². The molecule has 2 rings (SSSR count). The number of hydrogen-bond acceptors (Lipinski definition) is 4. The van der Waals surface area contributed by atoms with Gasteiger partial charge in [0.15, 0.2) is 11.6 Å². The van der Waals surface area contributed by atoms with Gasteiger partial charge in [-0.05, 0) is 29.8 Å². The van der Waals surface area contributed by atoms with Crippen LogP contribution in [0.1, 0.15) is 11.7 Å². The number of aliphatic hydroxyl groups is 1. The second-order valence-electron chi connectivity index (χ2n) is 5.32. The van der Waals surface area contributed by atoms with E-state index in [1.807, 2.05) is 19.0 Å². The van der Waals surface area contributed by atoms with Crippen molar-refractivity contribution in [3.63, 3.8) is 0 Å². The molecule has 24 heavy (non-hydrogen) atoms. The van der Waals surface area contributed by atoms with Gasteiger partial charge >= 0.3 is 6.03 Å². The van der Waals surface area contributed by atoms with Crippen LogP contribution in [-0.4, -0.2) is 36.8 Å². The van der Waals surface area contributed by atoms with E-state index in [2.05, 4.69) is 15.6 Å². The van der Waals surface area contributed by atoms with Crippen LogP contribution in [0.15, 0.2) is 36.5 Å². The van der Waals surface area contributed by atoms with E-state index in [9.17, 15) is 18.7 Å². The van der Waals surface area contributed by atoms with Gasteiger partial charge in [0, 0.05) is 20.6 Å². The van der Waals surface area contributed by atoms with E-state index in [4.69, 9.17) is 0 Å². The molecule has 0 aliphatic rings. The number of rotatable bonds is 5. The number of hydrogen-bond donors (Lipinski definition) is 3. The number of amides is 2. The molecule has 0 saturated heterocycles. The number of halogens is 2. The highest BCUT2D eigenvalue weighted by Crippen LogP contribution is 2.16. The Morgan fingerprint density at radius 2 is 2.00 bits per heavy atom. The van der Waals surface area contributed by atoms with E-state index in [1.54, 1.807) is 12.1 Å². The van der Waals surface area contributed by atoms with Crippen LogP contribution in [-0.2, 0) is 0 Å². The lowest BCUT2D eigenvalue weighted by atomic mass is 10.1. The number of benzene rings is 1. The molecule has 2 amide bonds. The molecule has 3 N–H and O–H groups in total. The number of carbonyl (C=O) groups is 1. The molecule has 1 aromatic carbocycles. The summed E-state index contributed by atoms with van der Waals surface area (Å²) in [6.07, 6.45) is 0.348. The van der Waals surface area contributed by atoms with E-state index < -0.39 is 23.8 Å². The SMILES string of the molecule is CN(C)c1ccc(NC(=O)NC[C@H](O)c2ccc(F)c(F)c2)cn1. The molecule has 0 saturated carbocycles. The van der Waals surface area contributed by atoms with E-state index >= 15 is 0 Å². The van der Waals surface area contributed by atoms with Crippen molar-refractivity contribution < 1.29 is 18.7 Å². The molecule has 1 atom stereocenters. The molecule has 0 unspecified atom stereocenters. The summed E-state index contributed by atoms with van der Waals surface area (Å²) in [6.45, 7) is -0.153. The molecule has 0 aliphatic heterocycles. The van der Waals surface area contributed by atoms with Gasteiger partial charge in [-0.25, -0.2) is 18.6 Å². The van der Waals surface area contributed by atoms with Crippen LogP contribution in [0.3, 0.4) is 0 Å². The minimum Gasteiger partial charge on any atom is -0.387 e. The lowest BCUT2D eigenvalue weighted by Crippen LogP contribution is -2.32. The Morgan fingerprint density at radius 3 is 2.58 bits per heavy atom. The van der Waals surface area contributed by atoms with Gasteiger partial charge in [-0.2, -0.15) is 0 Å². The van der Waals surface area contributed by atoms with E-state index in [0.29, 0.717) is 5.69 Å². The maximum Gasteiger partial charge on any atom is 0.319 e. The number of urea groups is 1. The molecule has 8 heteroatoms. The smallest absolute Gasteiger partial charge is 0.319 e. The van der Waals surface area contributed by atoms with Crippen molar-refractivity contribution in [2.24, 2.45) is 0 Å². The molecule has 0 aliphatic carbocycles. The largest absolute Gasteiger partial charge is 0.387 e. The molecule has 1 heterocycles. The van der Waals surface area contributed by atoms with Crippen LogP contribution in [0, 0.1) is 11.6 Å². The molecule has 6 nitrogen and oxygen atoms in total. The average molecular weight is 336 g/mol. The van der Waals surface area contributed by atoms with Gasteiger partial charge in [0.2, 0.25) is 0 Å². The second kappa shape index (κ2) is 7.69. The van der Waals surface area contributed by atoms with Crippen molar-refractivity contribution in [2.75, 3.05) is 30.9 Å². The maximum absolute atomic E-state index is 13.1. The monoisotopic (exact) mass is 336 g/mol. The summed E-state index contributed by atoms with van der Waals surface area (Å²) < 4.78 is 26.0. The van der Waals surface area contributed by atoms with E-state index in [0.717, 1.165) is 18.0 Å². The van der Waals surface area contributed by atoms with Gasteiger partial charge in [0.05, 0.1) is 18.0 Å². The molecule has 0 fully saturated rings. The first-order valence-corrected chi connectivity index (χ1v) is 7.18. The molecule has 0 radical (unpaired) electrons. The van der Waals surface area contributed by atoms with Crippen LogP contribution in [0.4, 0.5) is 25.1 Å². The van der Waals surface area contributed by atoms with Crippen molar-refractivity contribution in [3.05, 3.63) is 53.7 Å². The Morgan fingerprint density at radius 1 is 1.25 bits per heavy atom. The lowest BCUT2D eigenvalue weighted by Gasteiger charge is -2.14. The highest BCUT2D eigenvalue weighted by molar-refractivity contribution is 5.89. The van der Waals surface area contributed by atoms with Crippen molar-refractivity contribution in [1.82, 2.24) is 10.3 Å². The Bertz CT molecular complexity index is 708. The molecule has 2 aromatic rings. The number of aliphatic hydroxyl groups excluding tert-OH is 1. The van der Waals surface area contributed by atoms with Gasteiger partial charge in [0.1, 0.15) is 5.82 Å². The number of anilines is 2. The zero-order valence-electron chi connectivity index (χ0n) is 13.3. The van der Waals surface area contributed by atoms with Gasteiger partial charge in [0.25, 0.3) is 0 Å². The highest BCUT2D eigenvalue weighted by atomic mass is 19.2. The molecule has 1 aromatic heterocycles. The third kappa shape index (κ3) is 4.63. The highest BCUT2D eigenvalue weighted by Gasteiger charge is 2.12. The van der Waals surface area contributed by atoms with Gasteiger partial charge < -0.3 is 20.6 Å². The quantitative estimate of drug-likeness (QED) is 0.783. The zero-order chi connectivity index (χ0) is 17.7. The second-order valence-corrected chi connectivity index (χ2v) is 5.32. The summed E-state index contributed by atoms with van der Waals surface area (Å²) in [6, 6.07) is 5.96. The van der Waals surface area contributed by atoms with Crippen molar-refractivity contribution >= 4 is 17.5 Å². The fraction of sp³-hybridized carbons (Fsp3) is 0.250. The first-order chi connectivity index (χ1) is 11.4. The van der Waals surface area contributed by atoms with Crippen molar-refractivity contribution in [3.8, 4) is 0 Å². The number of pyridine rings is 1. The predicted molar refractivity (Wildman–Crippen MR) is 86.9 cm³/mol.